The number of aliphatic hydroxyl groups excluding tert-OH is 1. The van der Waals surface area contributed by atoms with Gasteiger partial charge in [0.15, 0.2) is 5.82 Å². The molecule has 6 rings (SSSR count). The number of para-hydroxylation sites is 2. The average Bonchev–Trinajstić information content (AvgIpc) is 3.45. The van der Waals surface area contributed by atoms with E-state index in [1.165, 1.54) is 4.57 Å². The van der Waals surface area contributed by atoms with Crippen molar-refractivity contribution in [3.05, 3.63) is 36.2 Å². The van der Waals surface area contributed by atoms with Gasteiger partial charge in [0.2, 0.25) is 17.7 Å². The van der Waals surface area contributed by atoms with Crippen molar-refractivity contribution in [3.8, 4) is 11.7 Å². The van der Waals surface area contributed by atoms with Crippen LogP contribution in [0, 0.1) is 11.8 Å². The molecule has 232 valence electrons. The molecule has 3 fully saturated rings. The van der Waals surface area contributed by atoms with E-state index in [0.29, 0.717) is 82.2 Å². The van der Waals surface area contributed by atoms with Crippen LogP contribution < -0.4 is 15.0 Å². The molecule has 3 aromatic rings. The predicted octanol–water partition coefficient (Wildman–Crippen LogP) is 3.43. The maximum atomic E-state index is 14.2. The van der Waals surface area contributed by atoms with Gasteiger partial charge in [0.05, 0.1) is 36.9 Å². The van der Waals surface area contributed by atoms with Crippen LogP contribution >= 0.6 is 0 Å². The predicted molar refractivity (Wildman–Crippen MR) is 154 cm³/mol. The molecule has 0 bridgehead atoms. The summed E-state index contributed by atoms with van der Waals surface area (Å²) in [4.78, 5) is 28.5. The number of aliphatic hydroxyl groups is 1. The third kappa shape index (κ3) is 6.73. The number of ether oxygens (including phenoxy) is 3. The number of aromatic nitrogens is 4. The molecule has 2 saturated heterocycles. The quantitative estimate of drug-likeness (QED) is 0.380. The average molecular weight is 601 g/mol. The highest BCUT2D eigenvalue weighted by molar-refractivity contribution is 5.79. The lowest BCUT2D eigenvalue weighted by Crippen LogP contribution is -2.47. The maximum Gasteiger partial charge on any atom is 0.296 e. The highest BCUT2D eigenvalue weighted by Gasteiger charge is 2.32. The van der Waals surface area contributed by atoms with Crippen LogP contribution in [0.1, 0.15) is 50.8 Å². The van der Waals surface area contributed by atoms with Crippen molar-refractivity contribution in [2.45, 2.75) is 57.1 Å². The van der Waals surface area contributed by atoms with Crippen molar-refractivity contribution < 1.29 is 32.9 Å². The molecule has 0 spiro atoms. The fourth-order valence-corrected chi connectivity index (χ4v) is 6.26. The molecule has 2 N–H and O–H groups in total. The number of imidazole rings is 1. The van der Waals surface area contributed by atoms with Crippen LogP contribution in [-0.2, 0) is 14.3 Å². The Labute approximate surface area is 248 Å². The Bertz CT molecular complexity index is 1390. The number of hydrogen-bond acceptors (Lipinski definition) is 9. The molecule has 1 amide bonds. The van der Waals surface area contributed by atoms with Crippen LogP contribution in [0.25, 0.3) is 16.9 Å². The zero-order chi connectivity index (χ0) is 29.8. The number of morpholine rings is 1. The number of nitrogens with zero attached hydrogens (tertiary/aromatic N) is 5. The minimum Gasteiger partial charge on any atom is -0.474 e. The number of anilines is 1. The molecular weight excluding hydrogens is 562 g/mol. The van der Waals surface area contributed by atoms with Gasteiger partial charge in [0.25, 0.3) is 6.43 Å². The van der Waals surface area contributed by atoms with Gasteiger partial charge in [0, 0.05) is 38.3 Å². The summed E-state index contributed by atoms with van der Waals surface area (Å²) in [6.45, 7) is 3.37. The second-order valence-electron chi connectivity index (χ2n) is 11.4. The molecule has 1 aromatic carbocycles. The Balaban J connectivity index is 1.19. The van der Waals surface area contributed by atoms with Crippen molar-refractivity contribution in [2.75, 3.05) is 51.0 Å². The van der Waals surface area contributed by atoms with Crippen LogP contribution in [0.15, 0.2) is 30.3 Å². The SMILES string of the molecule is O=C(NC(CO)C1CCOCC1)C1CCC(Oc2cc(-n3c(C(F)F)nc4ccccc43)nc(N3CCOCC3)n2)CC1. The van der Waals surface area contributed by atoms with E-state index in [-0.39, 0.29) is 48.2 Å². The lowest BCUT2D eigenvalue weighted by atomic mass is 9.85. The van der Waals surface area contributed by atoms with Gasteiger partial charge in [-0.3, -0.25) is 9.36 Å². The molecule has 2 aliphatic heterocycles. The Morgan fingerprint density at radius 3 is 2.44 bits per heavy atom. The van der Waals surface area contributed by atoms with E-state index >= 15 is 0 Å². The Kier molecular flexibility index (Phi) is 9.29. The van der Waals surface area contributed by atoms with Crippen molar-refractivity contribution in [3.63, 3.8) is 0 Å². The molecule has 4 heterocycles. The molecule has 2 aromatic heterocycles. The number of rotatable bonds is 9. The zero-order valence-electron chi connectivity index (χ0n) is 24.0. The van der Waals surface area contributed by atoms with Crippen LogP contribution in [0.2, 0.25) is 0 Å². The number of carbonyl (C=O) groups is 1. The Morgan fingerprint density at radius 2 is 1.72 bits per heavy atom. The van der Waals surface area contributed by atoms with E-state index < -0.39 is 12.2 Å². The first-order chi connectivity index (χ1) is 21.0. The van der Waals surface area contributed by atoms with E-state index in [4.69, 9.17) is 14.2 Å². The number of alkyl halides is 2. The third-order valence-electron chi connectivity index (χ3n) is 8.67. The molecular formula is C30H38F2N6O5. The van der Waals surface area contributed by atoms with Gasteiger partial charge in [-0.25, -0.2) is 13.8 Å². The minimum absolute atomic E-state index is 0.0329. The van der Waals surface area contributed by atoms with E-state index in [9.17, 15) is 18.7 Å². The highest BCUT2D eigenvalue weighted by Crippen LogP contribution is 2.32. The molecule has 3 aliphatic rings. The fraction of sp³-hybridized carbons (Fsp3) is 0.600. The van der Waals surface area contributed by atoms with E-state index in [0.717, 1.165) is 12.8 Å². The van der Waals surface area contributed by atoms with Crippen molar-refractivity contribution >= 4 is 22.9 Å². The number of carbonyl (C=O) groups excluding carboxylic acids is 1. The zero-order valence-corrected chi connectivity index (χ0v) is 24.0. The summed E-state index contributed by atoms with van der Waals surface area (Å²) in [5, 5.41) is 13.0. The smallest absolute Gasteiger partial charge is 0.296 e. The molecule has 0 radical (unpaired) electrons. The van der Waals surface area contributed by atoms with Crippen LogP contribution in [0.4, 0.5) is 14.7 Å². The normalized spacial score (nSPS) is 22.6. The number of fused-ring (bicyclic) bond motifs is 1. The van der Waals surface area contributed by atoms with Gasteiger partial charge in [-0.05, 0) is 56.6 Å². The molecule has 1 atom stereocenters. The van der Waals surface area contributed by atoms with E-state index in [1.54, 1.807) is 30.3 Å². The van der Waals surface area contributed by atoms with Crippen molar-refractivity contribution in [1.82, 2.24) is 24.8 Å². The minimum atomic E-state index is -2.81. The molecule has 13 heteroatoms. The Hall–Kier alpha value is -3.42. The number of hydrogen-bond donors (Lipinski definition) is 2. The first-order valence-electron chi connectivity index (χ1n) is 15.1. The van der Waals surface area contributed by atoms with Gasteiger partial charge >= 0.3 is 0 Å². The highest BCUT2D eigenvalue weighted by atomic mass is 19.3. The first kappa shape index (κ1) is 29.6. The molecule has 1 aliphatic carbocycles. The Morgan fingerprint density at radius 1 is 1.00 bits per heavy atom. The number of halogens is 2. The number of amides is 1. The van der Waals surface area contributed by atoms with Crippen molar-refractivity contribution in [2.24, 2.45) is 11.8 Å². The van der Waals surface area contributed by atoms with Gasteiger partial charge in [-0.15, -0.1) is 0 Å². The van der Waals surface area contributed by atoms with Crippen molar-refractivity contribution in [1.29, 1.82) is 0 Å². The molecule has 1 saturated carbocycles. The largest absolute Gasteiger partial charge is 0.474 e. The lowest BCUT2D eigenvalue weighted by Gasteiger charge is -2.33. The van der Waals surface area contributed by atoms with Gasteiger partial charge in [-0.2, -0.15) is 9.97 Å². The maximum absolute atomic E-state index is 14.2. The van der Waals surface area contributed by atoms with Crippen LogP contribution in [0.5, 0.6) is 5.88 Å². The fourth-order valence-electron chi connectivity index (χ4n) is 6.26. The summed E-state index contributed by atoms with van der Waals surface area (Å²) in [7, 11) is 0. The molecule has 43 heavy (non-hydrogen) atoms. The topological polar surface area (TPSA) is 124 Å². The second-order valence-corrected chi connectivity index (χ2v) is 11.4. The molecule has 11 nitrogen and oxygen atoms in total. The summed E-state index contributed by atoms with van der Waals surface area (Å²) in [5.41, 5.74) is 0.965. The van der Waals surface area contributed by atoms with Gasteiger partial charge in [0.1, 0.15) is 11.9 Å². The number of benzene rings is 1. The number of nitrogens with one attached hydrogen (secondary N) is 1. The third-order valence-corrected chi connectivity index (χ3v) is 8.67. The summed E-state index contributed by atoms with van der Waals surface area (Å²) < 4.78 is 46.9. The second kappa shape index (κ2) is 13.5. The van der Waals surface area contributed by atoms with E-state index in [1.807, 2.05) is 4.90 Å². The van der Waals surface area contributed by atoms with Gasteiger partial charge < -0.3 is 29.5 Å². The molecule has 1 unspecified atom stereocenters. The van der Waals surface area contributed by atoms with Crippen LogP contribution in [-0.4, -0.2) is 88.8 Å². The summed E-state index contributed by atoms with van der Waals surface area (Å²) in [6.07, 6.45) is 1.21. The van der Waals surface area contributed by atoms with E-state index in [2.05, 4.69) is 20.3 Å². The summed E-state index contributed by atoms with van der Waals surface area (Å²) in [6, 6.07) is 8.29. The summed E-state index contributed by atoms with van der Waals surface area (Å²) in [5.74, 6) is 0.549. The lowest BCUT2D eigenvalue weighted by molar-refractivity contribution is -0.128. The first-order valence-corrected chi connectivity index (χ1v) is 15.1. The standard InChI is InChI=1S/C30H38F2N6O5/c31-27(32)28-33-22-3-1-2-4-24(22)38(28)25-17-26(36-30(35-25)37-11-15-42-16-12-37)43-21-7-5-20(6-8-21)29(40)34-23(18-39)19-9-13-41-14-10-19/h1-4,17,19-21,23,27,39H,5-16,18H2,(H,34,40). The van der Waals surface area contributed by atoms with Gasteiger partial charge in [-0.1, -0.05) is 12.1 Å². The van der Waals surface area contributed by atoms with Crippen LogP contribution in [0.3, 0.4) is 0 Å². The monoisotopic (exact) mass is 600 g/mol. The summed E-state index contributed by atoms with van der Waals surface area (Å²) >= 11 is 0.